The highest BCUT2D eigenvalue weighted by Crippen LogP contribution is 2.22. The number of anilines is 1. The smallest absolute Gasteiger partial charge is 0.241 e. The van der Waals surface area contributed by atoms with Gasteiger partial charge in [0.15, 0.2) is 0 Å². The molecule has 0 heterocycles. The lowest BCUT2D eigenvalue weighted by atomic mass is 10.1. The minimum Gasteiger partial charge on any atom is -0.396 e. The van der Waals surface area contributed by atoms with E-state index in [2.05, 4.69) is 4.72 Å². The number of benzene rings is 2. The van der Waals surface area contributed by atoms with Crippen molar-refractivity contribution in [2.75, 3.05) is 5.73 Å². The molecule has 112 valence electrons. The minimum atomic E-state index is -3.76. The number of hydrogen-bond acceptors (Lipinski definition) is 3. The van der Waals surface area contributed by atoms with E-state index in [1.54, 1.807) is 0 Å². The molecule has 0 aliphatic rings. The van der Waals surface area contributed by atoms with E-state index in [-0.39, 0.29) is 16.6 Å². The van der Waals surface area contributed by atoms with E-state index in [1.165, 1.54) is 6.07 Å². The van der Waals surface area contributed by atoms with Crippen LogP contribution in [0.4, 0.5) is 10.1 Å². The Balaban J connectivity index is 2.29. The van der Waals surface area contributed by atoms with E-state index in [4.69, 9.17) is 5.73 Å². The number of hydrogen-bond donors (Lipinski definition) is 2. The zero-order valence-corrected chi connectivity index (χ0v) is 12.4. The van der Waals surface area contributed by atoms with Crippen LogP contribution < -0.4 is 10.5 Å². The molecule has 0 amide bonds. The molecule has 2 aromatic rings. The van der Waals surface area contributed by atoms with Crippen LogP contribution in [-0.2, 0) is 10.0 Å². The van der Waals surface area contributed by atoms with E-state index in [9.17, 15) is 12.8 Å². The molecule has 0 saturated heterocycles. The maximum absolute atomic E-state index is 13.1. The van der Waals surface area contributed by atoms with E-state index in [0.29, 0.717) is 6.42 Å². The lowest BCUT2D eigenvalue weighted by Gasteiger charge is -2.17. The number of nitrogen functional groups attached to an aromatic ring is 1. The second kappa shape index (κ2) is 6.24. The second-order valence-corrected chi connectivity index (χ2v) is 6.39. The van der Waals surface area contributed by atoms with Gasteiger partial charge >= 0.3 is 0 Å². The second-order valence-electron chi connectivity index (χ2n) is 4.68. The zero-order valence-electron chi connectivity index (χ0n) is 11.6. The summed E-state index contributed by atoms with van der Waals surface area (Å²) in [5.41, 5.74) is 6.11. The molecule has 1 unspecified atom stereocenters. The number of sulfonamides is 1. The molecule has 4 nitrogen and oxygen atoms in total. The Morgan fingerprint density at radius 1 is 1.19 bits per heavy atom. The predicted octanol–water partition coefficient (Wildman–Crippen LogP) is 2.84. The van der Waals surface area contributed by atoms with Crippen LogP contribution in [0, 0.1) is 5.82 Å². The molecule has 6 heteroatoms. The summed E-state index contributed by atoms with van der Waals surface area (Å²) in [6.07, 6.45) is 0.597. The van der Waals surface area contributed by atoms with Gasteiger partial charge in [0, 0.05) is 6.04 Å². The van der Waals surface area contributed by atoms with E-state index < -0.39 is 15.8 Å². The molecule has 0 bridgehead atoms. The van der Waals surface area contributed by atoms with Gasteiger partial charge in [0.25, 0.3) is 0 Å². The predicted molar refractivity (Wildman–Crippen MR) is 80.6 cm³/mol. The van der Waals surface area contributed by atoms with Crippen molar-refractivity contribution in [3.63, 3.8) is 0 Å². The van der Waals surface area contributed by atoms with Gasteiger partial charge in [-0.1, -0.05) is 37.3 Å². The summed E-state index contributed by atoms with van der Waals surface area (Å²) >= 11 is 0. The average molecular weight is 308 g/mol. The Bertz CT molecular complexity index is 718. The lowest BCUT2D eigenvalue weighted by Crippen LogP contribution is -2.28. The Labute approximate surface area is 123 Å². The highest BCUT2D eigenvalue weighted by atomic mass is 32.2. The lowest BCUT2D eigenvalue weighted by molar-refractivity contribution is 0.549. The summed E-state index contributed by atoms with van der Waals surface area (Å²) in [6, 6.07) is 12.3. The molecule has 0 spiro atoms. The summed E-state index contributed by atoms with van der Waals surface area (Å²) in [5.74, 6) is -0.635. The van der Waals surface area contributed by atoms with Crippen LogP contribution in [0.5, 0.6) is 0 Å². The largest absolute Gasteiger partial charge is 0.396 e. The highest BCUT2D eigenvalue weighted by Gasteiger charge is 2.20. The maximum Gasteiger partial charge on any atom is 0.241 e. The van der Waals surface area contributed by atoms with Crippen LogP contribution in [0.25, 0.3) is 0 Å². The van der Waals surface area contributed by atoms with Crippen molar-refractivity contribution in [3.05, 3.63) is 59.9 Å². The van der Waals surface area contributed by atoms with Crippen LogP contribution in [0.1, 0.15) is 24.9 Å². The molecule has 2 rings (SSSR count). The molecule has 2 aromatic carbocycles. The maximum atomic E-state index is 13.1. The minimum absolute atomic E-state index is 0.0456. The van der Waals surface area contributed by atoms with Gasteiger partial charge in [-0.2, -0.15) is 0 Å². The molecule has 0 aliphatic carbocycles. The van der Waals surface area contributed by atoms with Crippen molar-refractivity contribution in [2.45, 2.75) is 24.3 Å². The third-order valence-corrected chi connectivity index (χ3v) is 4.65. The first-order valence-electron chi connectivity index (χ1n) is 6.56. The van der Waals surface area contributed by atoms with Crippen LogP contribution in [-0.4, -0.2) is 8.42 Å². The molecule has 0 aromatic heterocycles. The summed E-state index contributed by atoms with van der Waals surface area (Å²) < 4.78 is 40.5. The topological polar surface area (TPSA) is 72.2 Å². The van der Waals surface area contributed by atoms with Gasteiger partial charge in [-0.15, -0.1) is 0 Å². The van der Waals surface area contributed by atoms with Gasteiger partial charge in [0.05, 0.1) is 10.6 Å². The van der Waals surface area contributed by atoms with Crippen LogP contribution in [0.15, 0.2) is 53.4 Å². The fourth-order valence-electron chi connectivity index (χ4n) is 2.02. The molecule has 21 heavy (non-hydrogen) atoms. The first-order chi connectivity index (χ1) is 9.94. The van der Waals surface area contributed by atoms with Crippen LogP contribution >= 0.6 is 0 Å². The van der Waals surface area contributed by atoms with Gasteiger partial charge in [-0.3, -0.25) is 0 Å². The summed E-state index contributed by atoms with van der Waals surface area (Å²) in [7, 11) is -3.76. The van der Waals surface area contributed by atoms with Crippen molar-refractivity contribution in [2.24, 2.45) is 0 Å². The van der Waals surface area contributed by atoms with Crippen molar-refractivity contribution in [1.82, 2.24) is 4.72 Å². The average Bonchev–Trinajstić information content (AvgIpc) is 2.48. The van der Waals surface area contributed by atoms with Gasteiger partial charge in [-0.05, 0) is 30.2 Å². The molecule has 1 atom stereocenters. The van der Waals surface area contributed by atoms with Crippen LogP contribution in [0.2, 0.25) is 0 Å². The van der Waals surface area contributed by atoms with Gasteiger partial charge in [0.2, 0.25) is 10.0 Å². The SMILES string of the molecule is CCC(NS(=O)(=O)c1ccc(F)c(N)c1)c1ccccc1. The monoisotopic (exact) mass is 308 g/mol. The third kappa shape index (κ3) is 3.59. The Hall–Kier alpha value is -1.92. The van der Waals surface area contributed by atoms with Crippen molar-refractivity contribution in [3.8, 4) is 0 Å². The molecule has 0 aliphatic heterocycles. The first-order valence-corrected chi connectivity index (χ1v) is 8.04. The number of nitrogens with two attached hydrogens (primary N) is 1. The van der Waals surface area contributed by atoms with Crippen molar-refractivity contribution < 1.29 is 12.8 Å². The van der Waals surface area contributed by atoms with E-state index >= 15 is 0 Å². The fraction of sp³-hybridized carbons (Fsp3) is 0.200. The quantitative estimate of drug-likeness (QED) is 0.834. The van der Waals surface area contributed by atoms with Crippen molar-refractivity contribution in [1.29, 1.82) is 0 Å². The molecule has 0 saturated carbocycles. The number of rotatable bonds is 5. The van der Waals surface area contributed by atoms with Gasteiger partial charge in [0.1, 0.15) is 5.82 Å². The van der Waals surface area contributed by atoms with E-state index in [0.717, 1.165) is 17.7 Å². The molecular formula is C15H17FN2O2S. The summed E-state index contributed by atoms with van der Waals surface area (Å²) in [4.78, 5) is -0.0456. The molecule has 3 N–H and O–H groups in total. The van der Waals surface area contributed by atoms with Crippen molar-refractivity contribution >= 4 is 15.7 Å². The molecule has 0 fully saturated rings. The summed E-state index contributed by atoms with van der Waals surface area (Å²) in [6.45, 7) is 1.89. The first kappa shape index (κ1) is 15.5. The molecular weight excluding hydrogens is 291 g/mol. The Kier molecular flexibility index (Phi) is 4.59. The zero-order chi connectivity index (χ0) is 15.5. The number of nitrogens with one attached hydrogen (secondary N) is 1. The summed E-state index contributed by atoms with van der Waals surface area (Å²) in [5, 5.41) is 0. The standard InChI is InChI=1S/C15H17FN2O2S/c1-2-15(11-6-4-3-5-7-11)18-21(19,20)12-8-9-13(16)14(17)10-12/h3-10,15,18H,2,17H2,1H3. The normalized spacial score (nSPS) is 13.0. The van der Waals surface area contributed by atoms with E-state index in [1.807, 2.05) is 37.3 Å². The third-order valence-electron chi connectivity index (χ3n) is 3.19. The number of halogens is 1. The van der Waals surface area contributed by atoms with Crippen LogP contribution in [0.3, 0.4) is 0 Å². The highest BCUT2D eigenvalue weighted by molar-refractivity contribution is 7.89. The molecule has 0 radical (unpaired) electrons. The Morgan fingerprint density at radius 2 is 1.86 bits per heavy atom. The Morgan fingerprint density at radius 3 is 2.43 bits per heavy atom. The van der Waals surface area contributed by atoms with Gasteiger partial charge < -0.3 is 5.73 Å². The van der Waals surface area contributed by atoms with Gasteiger partial charge in [-0.25, -0.2) is 17.5 Å². The fourth-order valence-corrected chi connectivity index (χ4v) is 3.36.